The van der Waals surface area contributed by atoms with Gasteiger partial charge in [0.25, 0.3) is 5.91 Å². The lowest BCUT2D eigenvalue weighted by molar-refractivity contribution is 0.0782. The van der Waals surface area contributed by atoms with Gasteiger partial charge in [0.05, 0.1) is 33.9 Å². The molecule has 3 aromatic carbocycles. The summed E-state index contributed by atoms with van der Waals surface area (Å²) in [5, 5.41) is 4.82. The molecule has 1 saturated heterocycles. The molecule has 44 heavy (non-hydrogen) atoms. The Morgan fingerprint density at radius 3 is 2.52 bits per heavy atom. The van der Waals surface area contributed by atoms with Crippen LogP contribution in [-0.2, 0) is 6.54 Å². The highest BCUT2D eigenvalue weighted by atomic mass is 35.5. The zero-order valence-corrected chi connectivity index (χ0v) is 26.3. The van der Waals surface area contributed by atoms with E-state index in [0.717, 1.165) is 67.2 Å². The minimum absolute atomic E-state index is 0.0145. The molecule has 7 nitrogen and oxygen atoms in total. The molecular formula is C35H37Cl2N5O2. The number of nitrogens with one attached hydrogen (secondary N) is 1. The molecule has 1 atom stereocenters. The number of halogens is 2. The normalized spacial score (nSPS) is 15.0. The zero-order chi connectivity index (χ0) is 30.5. The predicted molar refractivity (Wildman–Crippen MR) is 178 cm³/mol. The van der Waals surface area contributed by atoms with Gasteiger partial charge >= 0.3 is 0 Å². The second-order valence-corrected chi connectivity index (χ2v) is 12.4. The average Bonchev–Trinajstić information content (AvgIpc) is 3.69. The Balaban J connectivity index is 1.09. The van der Waals surface area contributed by atoms with Crippen LogP contribution in [0.25, 0.3) is 11.0 Å². The molecule has 1 amide bonds. The number of carbonyl (C=O) groups is 1. The maximum Gasteiger partial charge on any atom is 0.253 e. The highest BCUT2D eigenvalue weighted by Crippen LogP contribution is 2.30. The summed E-state index contributed by atoms with van der Waals surface area (Å²) in [4.78, 5) is 22.4. The fourth-order valence-electron chi connectivity index (χ4n) is 6.07. The van der Waals surface area contributed by atoms with Gasteiger partial charge in [0.2, 0.25) is 5.95 Å². The number of hydrogen-bond donors (Lipinski definition) is 1. The smallest absolute Gasteiger partial charge is 0.253 e. The zero-order valence-electron chi connectivity index (χ0n) is 24.8. The van der Waals surface area contributed by atoms with Crippen LogP contribution < -0.4 is 5.32 Å². The second kappa shape index (κ2) is 13.9. The molecule has 1 aliphatic heterocycles. The first kappa shape index (κ1) is 30.3. The number of furan rings is 1. The molecule has 0 aliphatic carbocycles. The Labute approximate surface area is 268 Å². The van der Waals surface area contributed by atoms with Crippen molar-refractivity contribution in [1.82, 2.24) is 19.4 Å². The molecule has 6 rings (SSSR count). The van der Waals surface area contributed by atoms with E-state index in [-0.39, 0.29) is 11.8 Å². The van der Waals surface area contributed by atoms with Crippen LogP contribution in [0.2, 0.25) is 10.0 Å². The number of carbonyl (C=O) groups excluding carboxylic acids is 1. The van der Waals surface area contributed by atoms with Crippen molar-refractivity contribution in [3.05, 3.63) is 118 Å². The van der Waals surface area contributed by atoms with Crippen molar-refractivity contribution in [3.8, 4) is 0 Å². The highest BCUT2D eigenvalue weighted by molar-refractivity contribution is 6.42. The summed E-state index contributed by atoms with van der Waals surface area (Å²) in [5.41, 5.74) is 3.85. The molecule has 0 spiro atoms. The van der Waals surface area contributed by atoms with Crippen LogP contribution in [0.4, 0.5) is 5.95 Å². The molecular weight excluding hydrogens is 593 g/mol. The van der Waals surface area contributed by atoms with E-state index >= 15 is 0 Å². The Morgan fingerprint density at radius 2 is 1.77 bits per heavy atom. The molecule has 0 bridgehead atoms. The van der Waals surface area contributed by atoms with E-state index in [1.165, 1.54) is 0 Å². The third-order valence-corrected chi connectivity index (χ3v) is 9.28. The monoisotopic (exact) mass is 629 g/mol. The standard InChI is InChI=1S/C35H37Cl2N5O2/c1-40(34(43)25-8-3-2-4-9-25)23-27(26-13-14-30(36)31(37)22-26)15-18-41-19-16-28(17-20-41)38-35-39-32-11-5-6-12-33(32)42(35)24-29-10-7-21-44-29/h2-14,21-22,27-28H,15-20,23-24H2,1H3,(H,38,39). The quantitative estimate of drug-likeness (QED) is 0.161. The fourth-order valence-corrected chi connectivity index (χ4v) is 6.38. The molecule has 228 valence electrons. The molecule has 1 unspecified atom stereocenters. The van der Waals surface area contributed by atoms with E-state index in [4.69, 9.17) is 32.6 Å². The number of rotatable bonds is 11. The Hall–Kier alpha value is -3.78. The number of likely N-dealkylation sites (tertiary alicyclic amines) is 1. The first-order chi connectivity index (χ1) is 21.4. The maximum absolute atomic E-state index is 13.1. The van der Waals surface area contributed by atoms with Crippen LogP contribution in [-0.4, -0.2) is 64.5 Å². The summed E-state index contributed by atoms with van der Waals surface area (Å²) in [6.07, 6.45) is 4.66. The van der Waals surface area contributed by atoms with Crippen LogP contribution in [0.1, 0.15) is 46.9 Å². The van der Waals surface area contributed by atoms with E-state index < -0.39 is 0 Å². The van der Waals surface area contributed by atoms with Gasteiger partial charge in [-0.25, -0.2) is 4.98 Å². The summed E-state index contributed by atoms with van der Waals surface area (Å²) < 4.78 is 7.85. The van der Waals surface area contributed by atoms with E-state index in [9.17, 15) is 4.79 Å². The maximum atomic E-state index is 13.1. The summed E-state index contributed by atoms with van der Waals surface area (Å²) in [6, 6.07) is 27.7. The molecule has 9 heteroatoms. The molecule has 1 fully saturated rings. The van der Waals surface area contributed by atoms with E-state index in [0.29, 0.717) is 34.7 Å². The number of fused-ring (bicyclic) bond motifs is 1. The van der Waals surface area contributed by atoms with E-state index in [1.807, 2.05) is 84.7 Å². The van der Waals surface area contributed by atoms with Gasteiger partial charge in [0.15, 0.2) is 0 Å². The lowest BCUT2D eigenvalue weighted by Gasteiger charge is -2.34. The fraction of sp³-hybridized carbons (Fsp3) is 0.314. The second-order valence-electron chi connectivity index (χ2n) is 11.6. The lowest BCUT2D eigenvalue weighted by Crippen LogP contribution is -2.40. The summed E-state index contributed by atoms with van der Waals surface area (Å²) in [6.45, 7) is 4.13. The summed E-state index contributed by atoms with van der Waals surface area (Å²) in [7, 11) is 1.87. The number of anilines is 1. The van der Waals surface area contributed by atoms with Crippen molar-refractivity contribution in [2.45, 2.75) is 37.8 Å². The number of para-hydroxylation sites is 2. The first-order valence-electron chi connectivity index (χ1n) is 15.2. The van der Waals surface area contributed by atoms with Crippen LogP contribution in [0.5, 0.6) is 0 Å². The third-order valence-electron chi connectivity index (χ3n) is 8.54. The number of likely N-dealkylation sites (N-methyl/N-ethyl adjacent to an activating group) is 1. The van der Waals surface area contributed by atoms with Crippen LogP contribution >= 0.6 is 23.2 Å². The number of amides is 1. The highest BCUT2D eigenvalue weighted by Gasteiger charge is 2.24. The van der Waals surface area contributed by atoms with Crippen molar-refractivity contribution >= 4 is 46.1 Å². The minimum Gasteiger partial charge on any atom is -0.467 e. The van der Waals surface area contributed by atoms with Crippen molar-refractivity contribution in [2.75, 3.05) is 38.5 Å². The molecule has 5 aromatic rings. The van der Waals surface area contributed by atoms with Crippen LogP contribution in [0.15, 0.2) is 95.6 Å². The van der Waals surface area contributed by atoms with Crippen molar-refractivity contribution in [3.63, 3.8) is 0 Å². The molecule has 0 saturated carbocycles. The van der Waals surface area contributed by atoms with Crippen molar-refractivity contribution in [2.24, 2.45) is 0 Å². The topological polar surface area (TPSA) is 66.5 Å². The molecule has 1 aliphatic rings. The van der Waals surface area contributed by atoms with E-state index in [2.05, 4.69) is 26.9 Å². The van der Waals surface area contributed by atoms with Crippen LogP contribution in [0.3, 0.4) is 0 Å². The summed E-state index contributed by atoms with van der Waals surface area (Å²) in [5.74, 6) is 1.92. The number of piperidine rings is 1. The molecule has 2 aromatic heterocycles. The molecule has 0 radical (unpaired) electrons. The predicted octanol–water partition coefficient (Wildman–Crippen LogP) is 7.81. The summed E-state index contributed by atoms with van der Waals surface area (Å²) >= 11 is 12.7. The number of nitrogens with zero attached hydrogens (tertiary/aromatic N) is 4. The van der Waals surface area contributed by atoms with Gasteiger partial charge in [-0.05, 0) is 79.9 Å². The minimum atomic E-state index is 0.0145. The Bertz CT molecular complexity index is 1680. The Morgan fingerprint density at radius 1 is 1.00 bits per heavy atom. The first-order valence-corrected chi connectivity index (χ1v) is 15.9. The number of aromatic nitrogens is 2. The van der Waals surface area contributed by atoms with Gasteiger partial charge in [0.1, 0.15) is 5.76 Å². The van der Waals surface area contributed by atoms with Gasteiger partial charge in [-0.1, -0.05) is 59.6 Å². The van der Waals surface area contributed by atoms with Crippen molar-refractivity contribution < 1.29 is 9.21 Å². The Kier molecular flexibility index (Phi) is 9.55. The third kappa shape index (κ3) is 7.12. The number of imidazole rings is 1. The van der Waals surface area contributed by atoms with Gasteiger partial charge in [-0.15, -0.1) is 0 Å². The SMILES string of the molecule is CN(CC(CCN1CCC(Nc2nc3ccccc3n2Cc2ccco2)CC1)c1ccc(Cl)c(Cl)c1)C(=O)c1ccccc1. The van der Waals surface area contributed by atoms with Crippen molar-refractivity contribution in [1.29, 1.82) is 0 Å². The largest absolute Gasteiger partial charge is 0.467 e. The van der Waals surface area contributed by atoms with Gasteiger partial charge in [0, 0.05) is 44.2 Å². The van der Waals surface area contributed by atoms with E-state index in [1.54, 1.807) is 6.26 Å². The number of benzene rings is 3. The average molecular weight is 631 g/mol. The number of hydrogen-bond acceptors (Lipinski definition) is 5. The van der Waals surface area contributed by atoms with Gasteiger partial charge < -0.3 is 24.1 Å². The lowest BCUT2D eigenvalue weighted by atomic mass is 9.94. The molecule has 3 heterocycles. The molecule has 1 N–H and O–H groups in total. The van der Waals surface area contributed by atoms with Crippen LogP contribution in [0, 0.1) is 0 Å². The van der Waals surface area contributed by atoms with Gasteiger partial charge in [-0.3, -0.25) is 4.79 Å². The van der Waals surface area contributed by atoms with Gasteiger partial charge in [-0.2, -0.15) is 0 Å².